The third-order valence-electron chi connectivity index (χ3n) is 7.97. The van der Waals surface area contributed by atoms with E-state index in [1.54, 1.807) is 14.0 Å². The number of ether oxygens (including phenoxy) is 2. The lowest BCUT2D eigenvalue weighted by molar-refractivity contribution is -0.136. The molecule has 5 heteroatoms. The molecular weight excluding hydrogens is 364 g/mol. The number of fused-ring (bicyclic) bond motifs is 1. The maximum atomic E-state index is 12.0. The fourth-order valence-electron chi connectivity index (χ4n) is 6.76. The van der Waals surface area contributed by atoms with Crippen molar-refractivity contribution in [2.45, 2.75) is 58.7 Å². The molecule has 2 saturated carbocycles. The van der Waals surface area contributed by atoms with Crippen LogP contribution in [0.4, 0.5) is 0 Å². The summed E-state index contributed by atoms with van der Waals surface area (Å²) in [4.78, 5) is 14.2. The lowest BCUT2D eigenvalue weighted by atomic mass is 9.59. The first-order chi connectivity index (χ1) is 13.7. The van der Waals surface area contributed by atoms with Gasteiger partial charge in [0, 0.05) is 31.7 Å². The lowest BCUT2D eigenvalue weighted by Gasteiger charge is -2.53. The van der Waals surface area contributed by atoms with Crippen molar-refractivity contribution in [2.24, 2.45) is 22.7 Å². The number of hydrogen-bond donors (Lipinski definition) is 1. The van der Waals surface area contributed by atoms with Gasteiger partial charge in [0.2, 0.25) is 5.91 Å². The van der Waals surface area contributed by atoms with E-state index in [1.165, 1.54) is 24.0 Å². The van der Waals surface area contributed by atoms with E-state index in [0.717, 1.165) is 25.3 Å². The van der Waals surface area contributed by atoms with Gasteiger partial charge in [-0.15, -0.1) is 0 Å². The van der Waals surface area contributed by atoms with Crippen LogP contribution in [0.1, 0.15) is 57.3 Å². The molecule has 0 aromatic heterocycles. The normalized spacial score (nSPS) is 34.9. The third-order valence-corrected chi connectivity index (χ3v) is 7.97. The molecule has 1 heterocycles. The number of hydrogen-bond acceptors (Lipinski definition) is 4. The zero-order valence-electron chi connectivity index (χ0n) is 18.7. The first-order valence-electron chi connectivity index (χ1n) is 10.9. The Hall–Kier alpha value is -1.59. The summed E-state index contributed by atoms with van der Waals surface area (Å²) in [6.07, 6.45) is 3.52. The minimum Gasteiger partial charge on any atom is -0.496 e. The van der Waals surface area contributed by atoms with Crippen LogP contribution in [-0.2, 0) is 16.1 Å². The highest BCUT2D eigenvalue weighted by Crippen LogP contribution is 2.70. The molecule has 1 aliphatic heterocycles. The Morgan fingerprint density at radius 3 is 2.76 bits per heavy atom. The van der Waals surface area contributed by atoms with Gasteiger partial charge in [-0.3, -0.25) is 4.79 Å². The zero-order chi connectivity index (χ0) is 21.0. The monoisotopic (exact) mass is 400 g/mol. The summed E-state index contributed by atoms with van der Waals surface area (Å²) >= 11 is 0. The zero-order valence-corrected chi connectivity index (χ0v) is 18.7. The topological polar surface area (TPSA) is 50.8 Å². The molecule has 1 spiro atoms. The smallest absolute Gasteiger partial charge is 0.217 e. The van der Waals surface area contributed by atoms with Gasteiger partial charge >= 0.3 is 0 Å². The van der Waals surface area contributed by atoms with E-state index in [1.807, 2.05) is 0 Å². The van der Waals surface area contributed by atoms with Crippen LogP contribution in [0.3, 0.4) is 0 Å². The summed E-state index contributed by atoms with van der Waals surface area (Å²) in [6.45, 7) is 7.94. The highest BCUT2D eigenvalue weighted by molar-refractivity contribution is 5.73. The number of nitrogens with zero attached hydrogens (tertiary/aromatic N) is 1. The van der Waals surface area contributed by atoms with Crippen LogP contribution in [0, 0.1) is 22.7 Å². The van der Waals surface area contributed by atoms with Crippen LogP contribution in [-0.4, -0.2) is 44.7 Å². The van der Waals surface area contributed by atoms with Crippen molar-refractivity contribution < 1.29 is 14.3 Å². The van der Waals surface area contributed by atoms with Crippen molar-refractivity contribution in [3.63, 3.8) is 0 Å². The second-order valence-corrected chi connectivity index (χ2v) is 10.3. The van der Waals surface area contributed by atoms with Crippen molar-refractivity contribution >= 4 is 5.91 Å². The predicted octanol–water partition coefficient (Wildman–Crippen LogP) is 3.78. The number of benzene rings is 1. The number of nitrogens with one attached hydrogen (secondary N) is 1. The minimum atomic E-state index is 0.0875. The summed E-state index contributed by atoms with van der Waals surface area (Å²) < 4.78 is 12.0. The largest absolute Gasteiger partial charge is 0.496 e. The molecule has 3 aliphatic rings. The van der Waals surface area contributed by atoms with Gasteiger partial charge in [-0.05, 0) is 73.7 Å². The molecule has 5 atom stereocenters. The number of carbonyl (C=O) groups excluding carboxylic acids is 1. The highest BCUT2D eigenvalue weighted by atomic mass is 16.5. The average Bonchev–Trinajstić information content (AvgIpc) is 3.13. The molecule has 5 nitrogen and oxygen atoms in total. The standard InChI is InChI=1S/C24H36N2O3/c1-15(27)25-22-23(2,3)18-12-19-21(29-10-9-24(19,22)13-18)16-7-8-20(28-6)17(11-16)14-26(4)5/h7-8,11,18-19,21-22H,9-10,12-14H2,1-6H3,(H,25,27)/t18-,19-,21-,22+,24?/m1/s1. The molecular formula is C24H36N2O3. The summed E-state index contributed by atoms with van der Waals surface area (Å²) in [5, 5.41) is 3.36. The molecule has 1 N–H and O–H groups in total. The Kier molecular flexibility index (Phi) is 5.19. The molecule has 1 amide bonds. The van der Waals surface area contributed by atoms with Gasteiger partial charge in [0.1, 0.15) is 5.75 Å². The molecule has 2 bridgehead atoms. The van der Waals surface area contributed by atoms with Crippen LogP contribution in [0.15, 0.2) is 18.2 Å². The van der Waals surface area contributed by atoms with Crippen LogP contribution < -0.4 is 10.1 Å². The first kappa shape index (κ1) is 20.7. The van der Waals surface area contributed by atoms with E-state index in [0.29, 0.717) is 11.8 Å². The molecule has 29 heavy (non-hydrogen) atoms. The molecule has 160 valence electrons. The van der Waals surface area contributed by atoms with E-state index < -0.39 is 0 Å². The van der Waals surface area contributed by atoms with Gasteiger partial charge in [-0.1, -0.05) is 19.9 Å². The van der Waals surface area contributed by atoms with E-state index in [4.69, 9.17) is 9.47 Å². The van der Waals surface area contributed by atoms with Crippen molar-refractivity contribution in [1.29, 1.82) is 0 Å². The highest BCUT2D eigenvalue weighted by Gasteiger charge is 2.68. The molecule has 1 aromatic rings. The molecule has 1 aromatic carbocycles. The fraction of sp³-hybridized carbons (Fsp3) is 0.708. The van der Waals surface area contributed by atoms with Crippen LogP contribution >= 0.6 is 0 Å². The van der Waals surface area contributed by atoms with Crippen molar-refractivity contribution in [2.75, 3.05) is 27.8 Å². The summed E-state index contributed by atoms with van der Waals surface area (Å²) in [6, 6.07) is 6.75. The lowest BCUT2D eigenvalue weighted by Crippen LogP contribution is -2.58. The number of rotatable bonds is 5. The maximum Gasteiger partial charge on any atom is 0.217 e. The first-order valence-corrected chi connectivity index (χ1v) is 10.9. The van der Waals surface area contributed by atoms with Gasteiger partial charge in [0.25, 0.3) is 0 Å². The van der Waals surface area contributed by atoms with Gasteiger partial charge in [0.05, 0.1) is 13.2 Å². The van der Waals surface area contributed by atoms with Gasteiger partial charge < -0.3 is 19.7 Å². The van der Waals surface area contributed by atoms with Crippen molar-refractivity contribution in [3.8, 4) is 5.75 Å². The quantitative estimate of drug-likeness (QED) is 0.817. The Balaban J connectivity index is 1.69. The Bertz CT molecular complexity index is 790. The van der Waals surface area contributed by atoms with E-state index in [9.17, 15) is 4.79 Å². The Labute approximate surface area is 175 Å². The minimum absolute atomic E-state index is 0.0875. The predicted molar refractivity (Wildman–Crippen MR) is 114 cm³/mol. The molecule has 3 fully saturated rings. The molecule has 1 unspecified atom stereocenters. The van der Waals surface area contributed by atoms with Crippen LogP contribution in [0.5, 0.6) is 5.75 Å². The van der Waals surface area contributed by atoms with Gasteiger partial charge in [-0.2, -0.15) is 0 Å². The summed E-state index contributed by atoms with van der Waals surface area (Å²) in [7, 11) is 5.89. The maximum absolute atomic E-state index is 12.0. The van der Waals surface area contributed by atoms with Gasteiger partial charge in [-0.25, -0.2) is 0 Å². The fourth-order valence-corrected chi connectivity index (χ4v) is 6.76. The Morgan fingerprint density at radius 2 is 2.10 bits per heavy atom. The number of amides is 1. The molecule has 2 aliphatic carbocycles. The number of methoxy groups -OCH3 is 1. The van der Waals surface area contributed by atoms with E-state index >= 15 is 0 Å². The van der Waals surface area contributed by atoms with E-state index in [2.05, 4.69) is 56.4 Å². The van der Waals surface area contributed by atoms with Crippen molar-refractivity contribution in [3.05, 3.63) is 29.3 Å². The number of carbonyl (C=O) groups is 1. The van der Waals surface area contributed by atoms with Gasteiger partial charge in [0.15, 0.2) is 0 Å². The SMILES string of the molecule is COc1ccc([C@H]2OCCC34C[C@@H](C[C@H]23)C(C)(C)[C@@H]4NC(C)=O)cc1CN(C)C. The molecule has 4 rings (SSSR count). The van der Waals surface area contributed by atoms with Crippen LogP contribution in [0.2, 0.25) is 0 Å². The molecule has 1 saturated heterocycles. The van der Waals surface area contributed by atoms with Crippen molar-refractivity contribution in [1.82, 2.24) is 10.2 Å². The second-order valence-electron chi connectivity index (χ2n) is 10.3. The third kappa shape index (κ3) is 3.27. The van der Waals surface area contributed by atoms with E-state index in [-0.39, 0.29) is 28.9 Å². The molecule has 0 radical (unpaired) electrons. The second kappa shape index (κ2) is 7.28. The Morgan fingerprint density at radius 1 is 1.34 bits per heavy atom. The van der Waals surface area contributed by atoms with Crippen LogP contribution in [0.25, 0.3) is 0 Å². The average molecular weight is 401 g/mol. The summed E-state index contributed by atoms with van der Waals surface area (Å²) in [5.74, 6) is 2.10. The summed E-state index contributed by atoms with van der Waals surface area (Å²) in [5.41, 5.74) is 2.73.